The number of nitrogens with one attached hydrogen (secondary N) is 1. The number of hydrogen-bond donors (Lipinski definition) is 1. The first-order chi connectivity index (χ1) is 9.43. The van der Waals surface area contributed by atoms with Crippen LogP contribution in [0.4, 0.5) is 0 Å². The second-order valence-electron chi connectivity index (χ2n) is 5.54. The summed E-state index contributed by atoms with van der Waals surface area (Å²) in [6, 6.07) is 5.38. The molecule has 2 rings (SSSR count). The number of hydrogen-bond acceptors (Lipinski definition) is 2. The highest BCUT2D eigenvalue weighted by atomic mass is 16.2. The fraction of sp³-hybridized carbons (Fsp3) is 0.500. The van der Waals surface area contributed by atoms with Crippen molar-refractivity contribution in [2.75, 3.05) is 0 Å². The van der Waals surface area contributed by atoms with Crippen LogP contribution in [0, 0.1) is 13.8 Å². The summed E-state index contributed by atoms with van der Waals surface area (Å²) < 4.78 is 0. The molecule has 108 valence electrons. The van der Waals surface area contributed by atoms with Gasteiger partial charge in [-0.2, -0.15) is 0 Å². The van der Waals surface area contributed by atoms with Crippen molar-refractivity contribution in [2.24, 2.45) is 0 Å². The van der Waals surface area contributed by atoms with Gasteiger partial charge in [-0.15, -0.1) is 0 Å². The van der Waals surface area contributed by atoms with E-state index in [9.17, 15) is 9.59 Å². The summed E-state index contributed by atoms with van der Waals surface area (Å²) in [5.74, 6) is -0.0573. The summed E-state index contributed by atoms with van der Waals surface area (Å²) in [5.41, 5.74) is 3.51. The van der Waals surface area contributed by atoms with Gasteiger partial charge in [0.05, 0.1) is 0 Å². The van der Waals surface area contributed by atoms with Crippen LogP contribution in [0.25, 0.3) is 0 Å². The largest absolute Gasteiger partial charge is 0.343 e. The van der Waals surface area contributed by atoms with E-state index >= 15 is 0 Å². The molecular weight excluding hydrogens is 252 g/mol. The lowest BCUT2D eigenvalue weighted by molar-refractivity contribution is -0.149. The van der Waals surface area contributed by atoms with Crippen molar-refractivity contribution in [3.63, 3.8) is 0 Å². The van der Waals surface area contributed by atoms with Gasteiger partial charge >= 0.3 is 0 Å². The lowest BCUT2D eigenvalue weighted by Crippen LogP contribution is -2.61. The van der Waals surface area contributed by atoms with E-state index in [1.54, 1.807) is 11.8 Å². The van der Waals surface area contributed by atoms with Crippen molar-refractivity contribution in [3.8, 4) is 0 Å². The highest BCUT2D eigenvalue weighted by Crippen LogP contribution is 2.18. The fourth-order valence-corrected chi connectivity index (χ4v) is 2.61. The summed E-state index contributed by atoms with van der Waals surface area (Å²) in [7, 11) is 0. The molecule has 0 radical (unpaired) electrons. The third kappa shape index (κ3) is 2.69. The zero-order chi connectivity index (χ0) is 14.9. The van der Waals surface area contributed by atoms with Crippen LogP contribution >= 0.6 is 0 Å². The van der Waals surface area contributed by atoms with Gasteiger partial charge in [0.15, 0.2) is 0 Å². The van der Waals surface area contributed by atoms with Crippen LogP contribution in [0.15, 0.2) is 18.2 Å². The maximum Gasteiger partial charge on any atom is 0.245 e. The van der Waals surface area contributed by atoms with Crippen molar-refractivity contribution in [1.29, 1.82) is 0 Å². The topological polar surface area (TPSA) is 49.4 Å². The van der Waals surface area contributed by atoms with Gasteiger partial charge < -0.3 is 10.2 Å². The van der Waals surface area contributed by atoms with Crippen LogP contribution in [0.2, 0.25) is 0 Å². The maximum absolute atomic E-state index is 12.3. The third-order valence-electron chi connectivity index (χ3n) is 4.00. The molecule has 1 aliphatic heterocycles. The van der Waals surface area contributed by atoms with Gasteiger partial charge in [-0.3, -0.25) is 9.59 Å². The van der Waals surface area contributed by atoms with Crippen LogP contribution in [-0.2, 0) is 16.1 Å². The number of amides is 2. The van der Waals surface area contributed by atoms with E-state index in [0.717, 1.165) is 5.56 Å². The van der Waals surface area contributed by atoms with Crippen molar-refractivity contribution in [1.82, 2.24) is 10.2 Å². The van der Waals surface area contributed by atoms with Crippen molar-refractivity contribution in [2.45, 2.75) is 52.7 Å². The molecule has 0 saturated carbocycles. The molecule has 0 spiro atoms. The summed E-state index contributed by atoms with van der Waals surface area (Å²) in [6.07, 6.45) is 0.634. The van der Waals surface area contributed by atoms with Crippen molar-refractivity contribution in [3.05, 3.63) is 34.9 Å². The SMILES string of the molecule is CCC1C(=O)NC(C)C(=O)N1Cc1ccc(C)c(C)c1. The smallest absolute Gasteiger partial charge is 0.245 e. The molecule has 4 heteroatoms. The van der Waals surface area contributed by atoms with Gasteiger partial charge in [0, 0.05) is 6.54 Å². The molecule has 1 aromatic carbocycles. The average Bonchev–Trinajstić information content (AvgIpc) is 2.40. The first kappa shape index (κ1) is 14.6. The summed E-state index contributed by atoms with van der Waals surface area (Å²) in [6.45, 7) is 8.29. The number of aryl methyl sites for hydroxylation is 2. The van der Waals surface area contributed by atoms with E-state index in [-0.39, 0.29) is 17.9 Å². The number of carbonyl (C=O) groups is 2. The quantitative estimate of drug-likeness (QED) is 0.915. The van der Waals surface area contributed by atoms with Gasteiger partial charge in [0.1, 0.15) is 12.1 Å². The van der Waals surface area contributed by atoms with Crippen molar-refractivity contribution < 1.29 is 9.59 Å². The minimum atomic E-state index is -0.433. The predicted molar refractivity (Wildman–Crippen MR) is 78.1 cm³/mol. The van der Waals surface area contributed by atoms with Gasteiger partial charge in [-0.1, -0.05) is 25.1 Å². The van der Waals surface area contributed by atoms with E-state index in [0.29, 0.717) is 13.0 Å². The maximum atomic E-state index is 12.3. The molecule has 2 amide bonds. The second-order valence-corrected chi connectivity index (χ2v) is 5.54. The Labute approximate surface area is 120 Å². The van der Waals surface area contributed by atoms with E-state index in [4.69, 9.17) is 0 Å². The molecule has 2 atom stereocenters. The molecule has 0 bridgehead atoms. The molecule has 0 aliphatic carbocycles. The lowest BCUT2D eigenvalue weighted by atomic mass is 10.0. The molecule has 0 aromatic heterocycles. The van der Waals surface area contributed by atoms with Crippen molar-refractivity contribution >= 4 is 11.8 Å². The minimum Gasteiger partial charge on any atom is -0.343 e. The van der Waals surface area contributed by atoms with Gasteiger partial charge in [0.25, 0.3) is 0 Å². The van der Waals surface area contributed by atoms with Crippen LogP contribution in [0.1, 0.15) is 37.0 Å². The highest BCUT2D eigenvalue weighted by Gasteiger charge is 2.37. The Morgan fingerprint density at radius 2 is 1.90 bits per heavy atom. The Bertz CT molecular complexity index is 539. The highest BCUT2D eigenvalue weighted by molar-refractivity contribution is 5.96. The van der Waals surface area contributed by atoms with E-state index in [2.05, 4.69) is 31.3 Å². The predicted octanol–water partition coefficient (Wildman–Crippen LogP) is 1.93. The Hall–Kier alpha value is -1.84. The van der Waals surface area contributed by atoms with Gasteiger partial charge in [-0.25, -0.2) is 0 Å². The van der Waals surface area contributed by atoms with Gasteiger partial charge in [0.2, 0.25) is 11.8 Å². The molecule has 2 unspecified atom stereocenters. The number of rotatable bonds is 3. The zero-order valence-corrected chi connectivity index (χ0v) is 12.6. The fourth-order valence-electron chi connectivity index (χ4n) is 2.61. The van der Waals surface area contributed by atoms with Crippen LogP contribution < -0.4 is 5.32 Å². The first-order valence-corrected chi connectivity index (χ1v) is 7.11. The Morgan fingerprint density at radius 1 is 1.20 bits per heavy atom. The third-order valence-corrected chi connectivity index (χ3v) is 4.00. The molecule has 20 heavy (non-hydrogen) atoms. The normalized spacial score (nSPS) is 22.9. The summed E-state index contributed by atoms with van der Waals surface area (Å²) in [4.78, 5) is 26.0. The van der Waals surface area contributed by atoms with Crippen LogP contribution in [-0.4, -0.2) is 28.8 Å². The second kappa shape index (κ2) is 5.65. The minimum absolute atomic E-state index is 0.00493. The molecule has 1 saturated heterocycles. The average molecular weight is 274 g/mol. The molecular formula is C16H22N2O2. The Balaban J connectivity index is 2.25. The molecule has 1 heterocycles. The lowest BCUT2D eigenvalue weighted by Gasteiger charge is -2.37. The van der Waals surface area contributed by atoms with Crippen LogP contribution in [0.5, 0.6) is 0 Å². The van der Waals surface area contributed by atoms with E-state index in [1.807, 2.05) is 13.0 Å². The van der Waals surface area contributed by atoms with Crippen LogP contribution in [0.3, 0.4) is 0 Å². The molecule has 1 aliphatic rings. The van der Waals surface area contributed by atoms with E-state index < -0.39 is 6.04 Å². The number of benzene rings is 1. The zero-order valence-electron chi connectivity index (χ0n) is 12.6. The molecule has 1 aromatic rings. The summed E-state index contributed by atoms with van der Waals surface area (Å²) >= 11 is 0. The first-order valence-electron chi connectivity index (χ1n) is 7.11. The molecule has 4 nitrogen and oxygen atoms in total. The standard InChI is InChI=1S/C16H22N2O2/c1-5-14-15(19)17-12(4)16(20)18(14)9-13-7-6-10(2)11(3)8-13/h6-8,12,14H,5,9H2,1-4H3,(H,17,19). The Kier molecular flexibility index (Phi) is 4.12. The summed E-state index contributed by atoms with van der Waals surface area (Å²) in [5, 5.41) is 2.74. The number of nitrogens with zero attached hydrogens (tertiary/aromatic N) is 1. The monoisotopic (exact) mass is 274 g/mol. The van der Waals surface area contributed by atoms with Gasteiger partial charge in [-0.05, 0) is 43.9 Å². The number of piperazine rings is 1. The Morgan fingerprint density at radius 3 is 2.50 bits per heavy atom. The number of carbonyl (C=O) groups excluding carboxylic acids is 2. The molecule has 1 fully saturated rings. The molecule has 1 N–H and O–H groups in total. The van der Waals surface area contributed by atoms with E-state index in [1.165, 1.54) is 11.1 Å².